The number of hydrogen-bond donors (Lipinski definition) is 2. The molecule has 1 aromatic heterocycles. The zero-order chi connectivity index (χ0) is 27.5. The molecule has 1 aliphatic heterocycles. The van der Waals surface area contributed by atoms with Crippen molar-refractivity contribution < 1.29 is 26.0 Å². The van der Waals surface area contributed by atoms with Gasteiger partial charge in [-0.15, -0.1) is 0 Å². The van der Waals surface area contributed by atoms with E-state index in [9.17, 15) is 26.0 Å². The number of hydrogen-bond acceptors (Lipinski definition) is 6. The van der Waals surface area contributed by atoms with Crippen LogP contribution in [0.15, 0.2) is 65.8 Å². The summed E-state index contributed by atoms with van der Waals surface area (Å²) >= 11 is 0. The molecule has 7 nitrogen and oxygen atoms in total. The van der Waals surface area contributed by atoms with E-state index in [2.05, 4.69) is 10.3 Å². The maximum Gasteiger partial charge on any atom is 0.390 e. The first-order valence-electron chi connectivity index (χ1n) is 11.9. The van der Waals surface area contributed by atoms with Gasteiger partial charge >= 0.3 is 6.18 Å². The molecule has 0 saturated carbocycles. The summed E-state index contributed by atoms with van der Waals surface area (Å²) in [7, 11) is -3.92. The molecule has 3 aromatic rings. The number of benzene rings is 2. The van der Waals surface area contributed by atoms with Gasteiger partial charge in [0.2, 0.25) is 10.0 Å². The lowest BCUT2D eigenvalue weighted by Crippen LogP contribution is -2.51. The van der Waals surface area contributed by atoms with Crippen LogP contribution >= 0.6 is 0 Å². The smallest absolute Gasteiger partial charge is 0.355 e. The molecule has 1 saturated heterocycles. The van der Waals surface area contributed by atoms with E-state index in [1.165, 1.54) is 41.0 Å². The molecule has 0 amide bonds. The third-order valence-corrected chi connectivity index (χ3v) is 8.33. The molecule has 1 aliphatic rings. The Labute approximate surface area is 218 Å². The standard InChI is InChI=1S/C26H27F4N5O2S/c1-18-13-24(33-21-6-4-20(27)5-7-21)19(15-31)14-23(18)25-17-35(12-11-34(25)10-8-26(28,29)30)38(36,37)22-3-2-9-32-16-22/h2-7,9,13-16,25,31,33H,8,10-12,17H2,1H3/t25-/m0/s1. The predicted molar refractivity (Wildman–Crippen MR) is 137 cm³/mol. The molecule has 0 radical (unpaired) electrons. The van der Waals surface area contributed by atoms with E-state index in [0.29, 0.717) is 28.1 Å². The summed E-state index contributed by atoms with van der Waals surface area (Å²) in [6.45, 7) is 1.58. The summed E-state index contributed by atoms with van der Waals surface area (Å²) in [4.78, 5) is 5.54. The Bertz CT molecular complexity index is 1380. The van der Waals surface area contributed by atoms with Gasteiger partial charge in [-0.1, -0.05) is 0 Å². The molecular formula is C26H27F4N5O2S. The van der Waals surface area contributed by atoms with Crippen molar-refractivity contribution >= 4 is 27.6 Å². The van der Waals surface area contributed by atoms with E-state index in [-0.39, 0.29) is 31.1 Å². The van der Waals surface area contributed by atoms with Crippen LogP contribution in [0.2, 0.25) is 0 Å². The zero-order valence-electron chi connectivity index (χ0n) is 20.5. The summed E-state index contributed by atoms with van der Waals surface area (Å²) in [6, 6.07) is 11.4. The van der Waals surface area contributed by atoms with Crippen LogP contribution in [0.3, 0.4) is 0 Å². The van der Waals surface area contributed by atoms with E-state index in [1.807, 2.05) is 0 Å². The fourth-order valence-electron chi connectivity index (χ4n) is 4.51. The molecule has 12 heteroatoms. The van der Waals surface area contributed by atoms with Crippen molar-refractivity contribution in [1.29, 1.82) is 5.41 Å². The molecule has 2 heterocycles. The lowest BCUT2D eigenvalue weighted by molar-refractivity contribution is -0.140. The monoisotopic (exact) mass is 549 g/mol. The highest BCUT2D eigenvalue weighted by Crippen LogP contribution is 2.35. The van der Waals surface area contributed by atoms with Gasteiger partial charge in [0.15, 0.2) is 0 Å². The van der Waals surface area contributed by atoms with Crippen molar-refractivity contribution in [3.05, 3.63) is 83.4 Å². The fourth-order valence-corrected chi connectivity index (χ4v) is 5.92. The Balaban J connectivity index is 1.69. The van der Waals surface area contributed by atoms with Crippen LogP contribution in [0.25, 0.3) is 0 Å². The minimum absolute atomic E-state index is 0.0123. The highest BCUT2D eigenvalue weighted by molar-refractivity contribution is 7.89. The van der Waals surface area contributed by atoms with E-state index < -0.39 is 34.5 Å². The highest BCUT2D eigenvalue weighted by Gasteiger charge is 2.38. The number of aryl methyl sites for hydroxylation is 1. The zero-order valence-corrected chi connectivity index (χ0v) is 21.4. The average molecular weight is 550 g/mol. The molecule has 0 aliphatic carbocycles. The maximum absolute atomic E-state index is 13.3. The minimum atomic E-state index is -4.36. The number of anilines is 2. The number of piperazine rings is 1. The van der Waals surface area contributed by atoms with Crippen LogP contribution in [0, 0.1) is 18.2 Å². The van der Waals surface area contributed by atoms with Gasteiger partial charge in [0.25, 0.3) is 0 Å². The Morgan fingerprint density at radius 2 is 1.89 bits per heavy atom. The molecule has 4 rings (SSSR count). The molecule has 0 unspecified atom stereocenters. The van der Waals surface area contributed by atoms with Gasteiger partial charge < -0.3 is 10.7 Å². The van der Waals surface area contributed by atoms with Crippen LogP contribution in [0.5, 0.6) is 0 Å². The Hall–Kier alpha value is -3.35. The van der Waals surface area contributed by atoms with E-state index in [1.54, 1.807) is 36.1 Å². The first-order chi connectivity index (χ1) is 18.0. The van der Waals surface area contributed by atoms with Crippen molar-refractivity contribution in [2.75, 3.05) is 31.5 Å². The average Bonchev–Trinajstić information content (AvgIpc) is 2.89. The minimum Gasteiger partial charge on any atom is -0.355 e. The molecule has 1 fully saturated rings. The quantitative estimate of drug-likeness (QED) is 0.295. The van der Waals surface area contributed by atoms with Gasteiger partial charge in [-0.05, 0) is 66.6 Å². The predicted octanol–water partition coefficient (Wildman–Crippen LogP) is 5.27. The second-order valence-corrected chi connectivity index (χ2v) is 11.0. The number of sulfonamides is 1. The second kappa shape index (κ2) is 11.2. The second-order valence-electron chi connectivity index (χ2n) is 9.04. The SMILES string of the molecule is Cc1cc(Nc2ccc(F)cc2)c(C=N)cc1[C@@H]1CN(S(=O)(=O)c2cccnc2)CCN1CCC(F)(F)F. The van der Waals surface area contributed by atoms with Crippen molar-refractivity contribution in [2.24, 2.45) is 0 Å². The first-order valence-corrected chi connectivity index (χ1v) is 13.3. The third kappa shape index (κ3) is 6.37. The van der Waals surface area contributed by atoms with Crippen molar-refractivity contribution in [2.45, 2.75) is 30.5 Å². The number of pyridine rings is 1. The summed E-state index contributed by atoms with van der Waals surface area (Å²) in [5.41, 5.74) is 2.95. The summed E-state index contributed by atoms with van der Waals surface area (Å²) in [5, 5.41) is 11.1. The van der Waals surface area contributed by atoms with Crippen LogP contribution < -0.4 is 5.32 Å². The lowest BCUT2D eigenvalue weighted by Gasteiger charge is -2.41. The van der Waals surface area contributed by atoms with Gasteiger partial charge in [0.1, 0.15) is 10.7 Å². The van der Waals surface area contributed by atoms with Crippen molar-refractivity contribution in [3.8, 4) is 0 Å². The molecule has 38 heavy (non-hydrogen) atoms. The van der Waals surface area contributed by atoms with E-state index in [0.717, 1.165) is 6.21 Å². The first kappa shape index (κ1) is 27.7. The van der Waals surface area contributed by atoms with E-state index >= 15 is 0 Å². The lowest BCUT2D eigenvalue weighted by atomic mass is 9.94. The molecule has 0 bridgehead atoms. The Kier molecular flexibility index (Phi) is 8.14. The van der Waals surface area contributed by atoms with E-state index in [4.69, 9.17) is 5.41 Å². The molecule has 2 N–H and O–H groups in total. The highest BCUT2D eigenvalue weighted by atomic mass is 32.2. The number of aromatic nitrogens is 1. The van der Waals surface area contributed by atoms with Crippen molar-refractivity contribution in [3.63, 3.8) is 0 Å². The third-order valence-electron chi connectivity index (χ3n) is 6.48. The number of nitrogens with one attached hydrogen (secondary N) is 2. The number of halogens is 4. The molecule has 202 valence electrons. The summed E-state index contributed by atoms with van der Waals surface area (Å²) < 4.78 is 80.5. The van der Waals surface area contributed by atoms with Crippen LogP contribution in [-0.2, 0) is 10.0 Å². The molecule has 1 atom stereocenters. The number of rotatable bonds is 8. The van der Waals surface area contributed by atoms with Crippen LogP contribution in [0.4, 0.5) is 28.9 Å². The molecule has 0 spiro atoms. The molecule has 2 aromatic carbocycles. The number of nitrogens with zero attached hydrogens (tertiary/aromatic N) is 3. The van der Waals surface area contributed by atoms with Crippen LogP contribution in [-0.4, -0.2) is 61.2 Å². The van der Waals surface area contributed by atoms with Crippen LogP contribution in [0.1, 0.15) is 29.2 Å². The fraction of sp³-hybridized carbons (Fsp3) is 0.308. The summed E-state index contributed by atoms with van der Waals surface area (Å²) in [6.07, 6.45) is -1.57. The van der Waals surface area contributed by atoms with Gasteiger partial charge in [-0.2, -0.15) is 17.5 Å². The summed E-state index contributed by atoms with van der Waals surface area (Å²) in [5.74, 6) is -0.392. The normalized spacial score (nSPS) is 17.3. The largest absolute Gasteiger partial charge is 0.390 e. The Morgan fingerprint density at radius 1 is 1.16 bits per heavy atom. The van der Waals surface area contributed by atoms with Crippen molar-refractivity contribution in [1.82, 2.24) is 14.2 Å². The van der Waals surface area contributed by atoms with Gasteiger partial charge in [0, 0.05) is 67.8 Å². The van der Waals surface area contributed by atoms with Gasteiger partial charge in [0.05, 0.1) is 6.42 Å². The van der Waals surface area contributed by atoms with Gasteiger partial charge in [-0.3, -0.25) is 9.88 Å². The topological polar surface area (TPSA) is 89.4 Å². The molecular weight excluding hydrogens is 522 g/mol. The number of alkyl halides is 3. The maximum atomic E-state index is 13.3. The Morgan fingerprint density at radius 3 is 2.53 bits per heavy atom. The van der Waals surface area contributed by atoms with Gasteiger partial charge in [-0.25, -0.2) is 12.8 Å².